The summed E-state index contributed by atoms with van der Waals surface area (Å²) in [5.74, 6) is 0.486. The third kappa shape index (κ3) is 6.78. The molecule has 0 aromatic carbocycles. The zero-order valence-electron chi connectivity index (χ0n) is 9.36. The van der Waals surface area contributed by atoms with Crippen LogP contribution in [-0.4, -0.2) is 22.9 Å². The van der Waals surface area contributed by atoms with Gasteiger partial charge in [-0.2, -0.15) is 0 Å². The smallest absolute Gasteiger partial charge is 0.275 e. The molecule has 0 aliphatic rings. The third-order valence-electron chi connectivity index (χ3n) is 2.31. The van der Waals surface area contributed by atoms with Crippen molar-refractivity contribution in [2.45, 2.75) is 46.1 Å². The molecule has 0 amide bonds. The molecule has 14 heavy (non-hydrogen) atoms. The van der Waals surface area contributed by atoms with Gasteiger partial charge in [0.05, 0.1) is 12.7 Å². The number of aliphatic hydroxyl groups is 2. The van der Waals surface area contributed by atoms with Crippen molar-refractivity contribution in [3.63, 3.8) is 0 Å². The molecule has 0 rings (SSSR count). The predicted octanol–water partition coefficient (Wildman–Crippen LogP) is 2.61. The van der Waals surface area contributed by atoms with Gasteiger partial charge in [0.1, 0.15) is 0 Å². The van der Waals surface area contributed by atoms with Crippen LogP contribution in [0.25, 0.3) is 0 Å². The van der Waals surface area contributed by atoms with Crippen LogP contribution in [0.5, 0.6) is 0 Å². The Kier molecular flexibility index (Phi) is 7.30. The van der Waals surface area contributed by atoms with Crippen molar-refractivity contribution in [1.29, 1.82) is 0 Å². The van der Waals surface area contributed by atoms with E-state index in [1.165, 1.54) is 6.08 Å². The van der Waals surface area contributed by atoms with Gasteiger partial charge < -0.3 is 14.9 Å². The second-order valence-electron chi connectivity index (χ2n) is 3.57. The van der Waals surface area contributed by atoms with Crippen LogP contribution in [-0.2, 0) is 4.74 Å². The van der Waals surface area contributed by atoms with E-state index in [1.807, 2.05) is 0 Å². The van der Waals surface area contributed by atoms with Gasteiger partial charge in [0.25, 0.3) is 5.95 Å². The van der Waals surface area contributed by atoms with Crippen LogP contribution in [0.3, 0.4) is 0 Å². The third-order valence-corrected chi connectivity index (χ3v) is 2.31. The molecule has 1 atom stereocenters. The summed E-state index contributed by atoms with van der Waals surface area (Å²) in [5, 5.41) is 18.1. The first-order valence-corrected chi connectivity index (χ1v) is 5.31. The van der Waals surface area contributed by atoms with Crippen LogP contribution >= 0.6 is 0 Å². The Morgan fingerprint density at radius 2 is 1.93 bits per heavy atom. The van der Waals surface area contributed by atoms with Crippen molar-refractivity contribution in [2.75, 3.05) is 6.61 Å². The average molecular weight is 202 g/mol. The van der Waals surface area contributed by atoms with Gasteiger partial charge in [0.2, 0.25) is 0 Å². The fourth-order valence-corrected chi connectivity index (χ4v) is 1.28. The fraction of sp³-hybridized carbons (Fsp3) is 0.818. The first-order chi connectivity index (χ1) is 6.60. The lowest BCUT2D eigenvalue weighted by molar-refractivity contribution is 0.0769. The predicted molar refractivity (Wildman–Crippen MR) is 57.0 cm³/mol. The molecule has 3 heteroatoms. The Balaban J connectivity index is 3.62. The number of ether oxygens (including phenoxy) is 1. The summed E-state index contributed by atoms with van der Waals surface area (Å²) in [4.78, 5) is 0. The zero-order chi connectivity index (χ0) is 11.0. The Morgan fingerprint density at radius 1 is 1.36 bits per heavy atom. The Labute approximate surface area is 86.4 Å². The second kappa shape index (κ2) is 7.68. The van der Waals surface area contributed by atoms with Gasteiger partial charge in [-0.05, 0) is 19.3 Å². The molecule has 0 aromatic rings. The number of aliphatic hydroxyl groups excluding tert-OH is 2. The highest BCUT2D eigenvalue weighted by atomic mass is 16.6. The van der Waals surface area contributed by atoms with E-state index in [9.17, 15) is 0 Å². The minimum absolute atomic E-state index is 0.175. The molecule has 2 N–H and O–H groups in total. The molecule has 0 aromatic heterocycles. The SMILES string of the molecule is CCC(CC)CCOC(O)=CC(C)O. The summed E-state index contributed by atoms with van der Waals surface area (Å²) >= 11 is 0. The van der Waals surface area contributed by atoms with Crippen molar-refractivity contribution in [2.24, 2.45) is 5.92 Å². The summed E-state index contributed by atoms with van der Waals surface area (Å²) in [7, 11) is 0. The summed E-state index contributed by atoms with van der Waals surface area (Å²) in [6, 6.07) is 0. The molecule has 84 valence electrons. The zero-order valence-corrected chi connectivity index (χ0v) is 9.36. The van der Waals surface area contributed by atoms with Crippen molar-refractivity contribution >= 4 is 0 Å². The monoisotopic (exact) mass is 202 g/mol. The van der Waals surface area contributed by atoms with Crippen LogP contribution in [0.15, 0.2) is 12.0 Å². The molecule has 0 saturated heterocycles. The first kappa shape index (κ1) is 13.3. The van der Waals surface area contributed by atoms with Gasteiger partial charge in [-0.1, -0.05) is 26.7 Å². The van der Waals surface area contributed by atoms with E-state index in [4.69, 9.17) is 14.9 Å². The summed E-state index contributed by atoms with van der Waals surface area (Å²) in [6.07, 6.45) is 3.85. The maximum atomic E-state index is 9.16. The molecule has 0 fully saturated rings. The largest absolute Gasteiger partial charge is 0.481 e. The molecule has 0 bridgehead atoms. The number of hydrogen-bond acceptors (Lipinski definition) is 3. The van der Waals surface area contributed by atoms with Crippen molar-refractivity contribution in [3.8, 4) is 0 Å². The summed E-state index contributed by atoms with van der Waals surface area (Å²) in [5.41, 5.74) is 0. The van der Waals surface area contributed by atoms with Gasteiger partial charge in [0.15, 0.2) is 0 Å². The fourth-order valence-electron chi connectivity index (χ4n) is 1.28. The van der Waals surface area contributed by atoms with Gasteiger partial charge in [-0.3, -0.25) is 0 Å². The van der Waals surface area contributed by atoms with E-state index in [2.05, 4.69) is 13.8 Å². The van der Waals surface area contributed by atoms with E-state index in [0.717, 1.165) is 19.3 Å². The normalized spacial score (nSPS) is 14.5. The molecule has 0 aliphatic carbocycles. The summed E-state index contributed by atoms with van der Waals surface area (Å²) in [6.45, 7) is 6.39. The quantitative estimate of drug-likeness (QED) is 0.624. The maximum absolute atomic E-state index is 9.16. The second-order valence-corrected chi connectivity index (χ2v) is 3.57. The Morgan fingerprint density at radius 3 is 2.36 bits per heavy atom. The first-order valence-electron chi connectivity index (χ1n) is 5.31. The minimum Gasteiger partial charge on any atom is -0.481 e. The van der Waals surface area contributed by atoms with E-state index in [1.54, 1.807) is 6.92 Å². The number of hydrogen-bond donors (Lipinski definition) is 2. The molecule has 0 aliphatic heterocycles. The van der Waals surface area contributed by atoms with Gasteiger partial charge in [0, 0.05) is 6.08 Å². The molecule has 0 heterocycles. The number of rotatable bonds is 7. The molecule has 0 saturated carbocycles. The minimum atomic E-state index is -0.664. The lowest BCUT2D eigenvalue weighted by Gasteiger charge is -2.12. The molecule has 0 radical (unpaired) electrons. The molecule has 3 nitrogen and oxygen atoms in total. The van der Waals surface area contributed by atoms with Crippen LogP contribution in [0.4, 0.5) is 0 Å². The highest BCUT2D eigenvalue weighted by Crippen LogP contribution is 2.12. The molecular weight excluding hydrogens is 180 g/mol. The van der Waals surface area contributed by atoms with Gasteiger partial charge in [-0.25, -0.2) is 0 Å². The van der Waals surface area contributed by atoms with Gasteiger partial charge in [-0.15, -0.1) is 0 Å². The standard InChI is InChI=1S/C11H22O3/c1-4-10(5-2)6-7-14-11(13)8-9(3)12/h8-10,12-13H,4-7H2,1-3H3. The summed E-state index contributed by atoms with van der Waals surface area (Å²) < 4.78 is 5.04. The van der Waals surface area contributed by atoms with Crippen molar-refractivity contribution in [1.82, 2.24) is 0 Å². The van der Waals surface area contributed by atoms with Crippen LogP contribution in [0.1, 0.15) is 40.0 Å². The average Bonchev–Trinajstić information content (AvgIpc) is 2.11. The molecule has 1 unspecified atom stereocenters. The Hall–Kier alpha value is -0.700. The highest BCUT2D eigenvalue weighted by molar-refractivity contribution is 4.86. The lowest BCUT2D eigenvalue weighted by atomic mass is 10.0. The topological polar surface area (TPSA) is 49.7 Å². The van der Waals surface area contributed by atoms with Crippen LogP contribution in [0, 0.1) is 5.92 Å². The highest BCUT2D eigenvalue weighted by Gasteiger charge is 2.04. The van der Waals surface area contributed by atoms with E-state index in [0.29, 0.717) is 12.5 Å². The maximum Gasteiger partial charge on any atom is 0.275 e. The lowest BCUT2D eigenvalue weighted by Crippen LogP contribution is -2.05. The van der Waals surface area contributed by atoms with Crippen LogP contribution < -0.4 is 0 Å². The van der Waals surface area contributed by atoms with E-state index >= 15 is 0 Å². The van der Waals surface area contributed by atoms with Crippen molar-refractivity contribution < 1.29 is 14.9 Å². The molecule has 0 spiro atoms. The van der Waals surface area contributed by atoms with E-state index < -0.39 is 6.10 Å². The van der Waals surface area contributed by atoms with Gasteiger partial charge >= 0.3 is 0 Å². The molecular formula is C11H22O3. The Bertz CT molecular complexity index is 160. The van der Waals surface area contributed by atoms with Crippen molar-refractivity contribution in [3.05, 3.63) is 12.0 Å². The van der Waals surface area contributed by atoms with E-state index in [-0.39, 0.29) is 5.95 Å². The van der Waals surface area contributed by atoms with Crippen LogP contribution in [0.2, 0.25) is 0 Å².